The maximum Gasteiger partial charge on any atom is 0.219 e. The van der Waals surface area contributed by atoms with Gasteiger partial charge in [0, 0.05) is 18.7 Å². The first-order valence-electron chi connectivity index (χ1n) is 4.92. The predicted molar refractivity (Wildman–Crippen MR) is 55.1 cm³/mol. The summed E-state index contributed by atoms with van der Waals surface area (Å²) in [7, 11) is 0. The molecule has 4 nitrogen and oxygen atoms in total. The molecule has 0 radical (unpaired) electrons. The van der Waals surface area contributed by atoms with Crippen molar-refractivity contribution in [1.82, 2.24) is 15.5 Å². The highest BCUT2D eigenvalue weighted by molar-refractivity contribution is 5.75. The van der Waals surface area contributed by atoms with Crippen molar-refractivity contribution >= 4 is 5.91 Å². The number of carbonyl (C=O) groups is 1. The van der Waals surface area contributed by atoms with E-state index in [1.807, 2.05) is 20.8 Å². The van der Waals surface area contributed by atoms with Gasteiger partial charge in [-0.2, -0.15) is 5.10 Å². The van der Waals surface area contributed by atoms with E-state index in [4.69, 9.17) is 0 Å². The molecular formula is C10H17N3O. The van der Waals surface area contributed by atoms with Crippen LogP contribution in [0.25, 0.3) is 0 Å². The van der Waals surface area contributed by atoms with Crippen molar-refractivity contribution in [3.63, 3.8) is 0 Å². The molecule has 1 aromatic rings. The zero-order chi connectivity index (χ0) is 10.6. The summed E-state index contributed by atoms with van der Waals surface area (Å²) < 4.78 is 0. The van der Waals surface area contributed by atoms with Crippen molar-refractivity contribution < 1.29 is 4.79 Å². The van der Waals surface area contributed by atoms with Gasteiger partial charge >= 0.3 is 0 Å². The minimum Gasteiger partial charge on any atom is -0.356 e. The van der Waals surface area contributed by atoms with Crippen LogP contribution in [0.4, 0.5) is 0 Å². The normalized spacial score (nSPS) is 10.2. The number of aromatic nitrogens is 2. The van der Waals surface area contributed by atoms with E-state index in [-0.39, 0.29) is 5.91 Å². The standard InChI is InChI=1S/C10H17N3O/c1-4-10(14)11-6-5-9-7(2)12-13-8(9)3/h4-6H2,1-3H3,(H,11,14)(H,12,13). The van der Waals surface area contributed by atoms with E-state index < -0.39 is 0 Å². The first-order valence-corrected chi connectivity index (χ1v) is 4.92. The van der Waals surface area contributed by atoms with Crippen molar-refractivity contribution in [3.05, 3.63) is 17.0 Å². The second kappa shape index (κ2) is 4.79. The lowest BCUT2D eigenvalue weighted by molar-refractivity contribution is -0.120. The van der Waals surface area contributed by atoms with E-state index in [1.54, 1.807) is 0 Å². The Morgan fingerprint density at radius 3 is 2.71 bits per heavy atom. The monoisotopic (exact) mass is 195 g/mol. The zero-order valence-electron chi connectivity index (χ0n) is 8.98. The van der Waals surface area contributed by atoms with Gasteiger partial charge in [-0.15, -0.1) is 0 Å². The summed E-state index contributed by atoms with van der Waals surface area (Å²) in [5.74, 6) is 0.101. The van der Waals surface area contributed by atoms with E-state index in [9.17, 15) is 4.79 Å². The van der Waals surface area contributed by atoms with Crippen LogP contribution in [-0.4, -0.2) is 22.6 Å². The van der Waals surface area contributed by atoms with Crippen molar-refractivity contribution in [2.75, 3.05) is 6.54 Å². The fraction of sp³-hybridized carbons (Fsp3) is 0.600. The summed E-state index contributed by atoms with van der Waals surface area (Å²) in [6, 6.07) is 0. The summed E-state index contributed by atoms with van der Waals surface area (Å²) in [6.45, 7) is 6.51. The Morgan fingerprint density at radius 1 is 1.50 bits per heavy atom. The molecular weight excluding hydrogens is 178 g/mol. The number of aromatic amines is 1. The van der Waals surface area contributed by atoms with Gasteiger partial charge in [0.25, 0.3) is 0 Å². The van der Waals surface area contributed by atoms with Gasteiger partial charge in [-0.1, -0.05) is 6.92 Å². The number of hydrogen-bond donors (Lipinski definition) is 2. The summed E-state index contributed by atoms with van der Waals surface area (Å²) >= 11 is 0. The van der Waals surface area contributed by atoms with Gasteiger partial charge in [-0.05, 0) is 25.8 Å². The van der Waals surface area contributed by atoms with Gasteiger partial charge in [0.1, 0.15) is 0 Å². The number of rotatable bonds is 4. The molecule has 0 bridgehead atoms. The van der Waals surface area contributed by atoms with Crippen LogP contribution >= 0.6 is 0 Å². The molecule has 0 aliphatic heterocycles. The minimum absolute atomic E-state index is 0.101. The summed E-state index contributed by atoms with van der Waals surface area (Å²) in [5.41, 5.74) is 3.32. The molecule has 0 fully saturated rings. The Morgan fingerprint density at radius 2 is 2.21 bits per heavy atom. The first kappa shape index (κ1) is 10.8. The summed E-state index contributed by atoms with van der Waals surface area (Å²) in [4.78, 5) is 11.0. The van der Waals surface area contributed by atoms with Crippen molar-refractivity contribution in [2.45, 2.75) is 33.6 Å². The lowest BCUT2D eigenvalue weighted by Crippen LogP contribution is -2.24. The second-order valence-corrected chi connectivity index (χ2v) is 3.37. The van der Waals surface area contributed by atoms with Gasteiger partial charge in [-0.3, -0.25) is 9.89 Å². The third-order valence-corrected chi connectivity index (χ3v) is 2.30. The number of amides is 1. The lowest BCUT2D eigenvalue weighted by Gasteiger charge is -2.03. The SMILES string of the molecule is CCC(=O)NCCc1c(C)n[nH]c1C. The Hall–Kier alpha value is -1.32. The van der Waals surface area contributed by atoms with E-state index in [0.717, 1.165) is 17.8 Å². The van der Waals surface area contributed by atoms with Crippen LogP contribution in [-0.2, 0) is 11.2 Å². The topological polar surface area (TPSA) is 57.8 Å². The molecule has 0 spiro atoms. The van der Waals surface area contributed by atoms with Gasteiger partial charge < -0.3 is 5.32 Å². The molecule has 1 heterocycles. The maximum atomic E-state index is 11.0. The number of aryl methyl sites for hydroxylation is 2. The highest BCUT2D eigenvalue weighted by Gasteiger charge is 2.05. The molecule has 0 aliphatic carbocycles. The second-order valence-electron chi connectivity index (χ2n) is 3.37. The Balaban J connectivity index is 2.42. The summed E-state index contributed by atoms with van der Waals surface area (Å²) in [5, 5.41) is 9.87. The van der Waals surface area contributed by atoms with Crippen LogP contribution in [0.2, 0.25) is 0 Å². The molecule has 4 heteroatoms. The molecule has 0 saturated heterocycles. The maximum absolute atomic E-state index is 11.0. The number of nitrogens with zero attached hydrogens (tertiary/aromatic N) is 1. The van der Waals surface area contributed by atoms with Crippen LogP contribution in [0.5, 0.6) is 0 Å². The highest BCUT2D eigenvalue weighted by Crippen LogP contribution is 2.08. The third kappa shape index (κ3) is 2.58. The average Bonchev–Trinajstić information content (AvgIpc) is 2.48. The molecule has 0 aliphatic rings. The van der Waals surface area contributed by atoms with Crippen LogP contribution in [0, 0.1) is 13.8 Å². The molecule has 1 rings (SSSR count). The van der Waals surface area contributed by atoms with Crippen molar-refractivity contribution in [1.29, 1.82) is 0 Å². The molecule has 0 atom stereocenters. The summed E-state index contributed by atoms with van der Waals surface area (Å²) in [6.07, 6.45) is 1.39. The number of nitrogens with one attached hydrogen (secondary N) is 2. The van der Waals surface area contributed by atoms with Gasteiger partial charge in [0.15, 0.2) is 0 Å². The van der Waals surface area contributed by atoms with Crippen molar-refractivity contribution in [3.8, 4) is 0 Å². The van der Waals surface area contributed by atoms with E-state index in [1.165, 1.54) is 5.56 Å². The zero-order valence-corrected chi connectivity index (χ0v) is 8.98. The smallest absolute Gasteiger partial charge is 0.219 e. The Labute approximate surface area is 84.1 Å². The van der Waals surface area contributed by atoms with E-state index in [2.05, 4.69) is 15.5 Å². The molecule has 0 saturated carbocycles. The number of hydrogen-bond acceptors (Lipinski definition) is 2. The largest absolute Gasteiger partial charge is 0.356 e. The molecule has 0 unspecified atom stereocenters. The number of H-pyrrole nitrogens is 1. The highest BCUT2D eigenvalue weighted by atomic mass is 16.1. The molecule has 1 aromatic heterocycles. The lowest BCUT2D eigenvalue weighted by atomic mass is 10.1. The van der Waals surface area contributed by atoms with E-state index in [0.29, 0.717) is 13.0 Å². The third-order valence-electron chi connectivity index (χ3n) is 2.30. The fourth-order valence-corrected chi connectivity index (χ4v) is 1.39. The molecule has 14 heavy (non-hydrogen) atoms. The van der Waals surface area contributed by atoms with Crippen LogP contribution in [0.3, 0.4) is 0 Å². The molecule has 78 valence electrons. The Kier molecular flexibility index (Phi) is 3.68. The number of carbonyl (C=O) groups excluding carboxylic acids is 1. The Bertz CT molecular complexity index is 298. The van der Waals surface area contributed by atoms with Crippen LogP contribution < -0.4 is 5.32 Å². The van der Waals surface area contributed by atoms with E-state index >= 15 is 0 Å². The fourth-order valence-electron chi connectivity index (χ4n) is 1.39. The van der Waals surface area contributed by atoms with Crippen LogP contribution in [0.15, 0.2) is 0 Å². The average molecular weight is 195 g/mol. The quantitative estimate of drug-likeness (QED) is 0.755. The van der Waals surface area contributed by atoms with Gasteiger partial charge in [-0.25, -0.2) is 0 Å². The molecule has 2 N–H and O–H groups in total. The molecule has 0 aromatic carbocycles. The van der Waals surface area contributed by atoms with Gasteiger partial charge in [0.05, 0.1) is 5.69 Å². The van der Waals surface area contributed by atoms with Crippen molar-refractivity contribution in [2.24, 2.45) is 0 Å². The first-order chi connectivity index (χ1) is 6.65. The molecule has 1 amide bonds. The predicted octanol–water partition coefficient (Wildman–Crippen LogP) is 1.10. The minimum atomic E-state index is 0.101. The van der Waals surface area contributed by atoms with Gasteiger partial charge in [0.2, 0.25) is 5.91 Å². The van der Waals surface area contributed by atoms with Crippen LogP contribution in [0.1, 0.15) is 30.3 Å².